The molecule has 1 aliphatic heterocycles. The van der Waals surface area contributed by atoms with Crippen LogP contribution in [0.1, 0.15) is 33.6 Å². The number of morpholine rings is 1. The SMILES string of the molecule is CC(O)CC(C)(C)CNC(=O)CC1CNCCO1. The smallest absolute Gasteiger partial charge is 0.222 e. The minimum Gasteiger partial charge on any atom is -0.393 e. The van der Waals surface area contributed by atoms with Crippen LogP contribution >= 0.6 is 0 Å². The van der Waals surface area contributed by atoms with Gasteiger partial charge in [-0.25, -0.2) is 0 Å². The van der Waals surface area contributed by atoms with E-state index in [0.717, 1.165) is 13.1 Å². The molecule has 1 heterocycles. The largest absolute Gasteiger partial charge is 0.393 e. The number of rotatable bonds is 6. The maximum absolute atomic E-state index is 11.8. The Kier molecular flexibility index (Phi) is 6.05. The monoisotopic (exact) mass is 258 g/mol. The van der Waals surface area contributed by atoms with Gasteiger partial charge in [-0.1, -0.05) is 13.8 Å². The molecule has 0 aliphatic carbocycles. The Bertz CT molecular complexity index is 261. The van der Waals surface area contributed by atoms with Crippen molar-refractivity contribution in [2.45, 2.75) is 45.8 Å². The van der Waals surface area contributed by atoms with Crippen LogP contribution in [0.3, 0.4) is 0 Å². The van der Waals surface area contributed by atoms with Gasteiger partial charge >= 0.3 is 0 Å². The summed E-state index contributed by atoms with van der Waals surface area (Å²) in [6, 6.07) is 0. The van der Waals surface area contributed by atoms with Gasteiger partial charge in [0.15, 0.2) is 0 Å². The lowest BCUT2D eigenvalue weighted by molar-refractivity contribution is -0.125. The normalized spacial score (nSPS) is 22.6. The summed E-state index contributed by atoms with van der Waals surface area (Å²) in [6.45, 7) is 8.70. The molecule has 1 aliphatic rings. The molecule has 1 saturated heterocycles. The molecule has 5 heteroatoms. The number of aliphatic hydroxyl groups excluding tert-OH is 1. The first-order valence-electron chi connectivity index (χ1n) is 6.66. The van der Waals surface area contributed by atoms with E-state index in [1.165, 1.54) is 0 Å². The molecule has 0 aromatic rings. The van der Waals surface area contributed by atoms with E-state index < -0.39 is 0 Å². The van der Waals surface area contributed by atoms with Gasteiger partial charge in [0, 0.05) is 19.6 Å². The highest BCUT2D eigenvalue weighted by Crippen LogP contribution is 2.21. The van der Waals surface area contributed by atoms with Crippen molar-refractivity contribution in [1.82, 2.24) is 10.6 Å². The molecule has 0 saturated carbocycles. The first kappa shape index (κ1) is 15.4. The van der Waals surface area contributed by atoms with E-state index in [0.29, 0.717) is 26.0 Å². The Morgan fingerprint density at radius 1 is 1.61 bits per heavy atom. The molecule has 2 unspecified atom stereocenters. The molecule has 1 amide bonds. The number of carbonyl (C=O) groups excluding carboxylic acids is 1. The predicted octanol–water partition coefficient (Wildman–Crippen LogP) is 0.278. The Hall–Kier alpha value is -0.650. The maximum atomic E-state index is 11.8. The van der Waals surface area contributed by atoms with Gasteiger partial charge in [0.2, 0.25) is 5.91 Å². The molecule has 1 fully saturated rings. The van der Waals surface area contributed by atoms with Crippen molar-refractivity contribution in [3.05, 3.63) is 0 Å². The van der Waals surface area contributed by atoms with Gasteiger partial charge in [-0.15, -0.1) is 0 Å². The molecule has 2 atom stereocenters. The summed E-state index contributed by atoms with van der Waals surface area (Å²) in [5.74, 6) is 0.0161. The second-order valence-electron chi connectivity index (χ2n) is 5.90. The lowest BCUT2D eigenvalue weighted by Crippen LogP contribution is -2.43. The van der Waals surface area contributed by atoms with Crippen molar-refractivity contribution in [2.75, 3.05) is 26.2 Å². The zero-order chi connectivity index (χ0) is 13.6. The molecular formula is C13H26N2O3. The van der Waals surface area contributed by atoms with E-state index >= 15 is 0 Å². The van der Waals surface area contributed by atoms with Crippen LogP contribution in [0.25, 0.3) is 0 Å². The lowest BCUT2D eigenvalue weighted by atomic mass is 9.87. The Labute approximate surface area is 109 Å². The summed E-state index contributed by atoms with van der Waals surface area (Å²) in [4.78, 5) is 11.8. The summed E-state index contributed by atoms with van der Waals surface area (Å²) in [7, 11) is 0. The fourth-order valence-corrected chi connectivity index (χ4v) is 2.24. The van der Waals surface area contributed by atoms with Gasteiger partial charge < -0.3 is 20.5 Å². The highest BCUT2D eigenvalue weighted by molar-refractivity contribution is 5.76. The average Bonchev–Trinajstić information content (AvgIpc) is 2.26. The highest BCUT2D eigenvalue weighted by atomic mass is 16.5. The van der Waals surface area contributed by atoms with Crippen molar-refractivity contribution in [2.24, 2.45) is 5.41 Å². The fourth-order valence-electron chi connectivity index (χ4n) is 2.24. The van der Waals surface area contributed by atoms with Crippen molar-refractivity contribution >= 4 is 5.91 Å². The van der Waals surface area contributed by atoms with E-state index in [1.54, 1.807) is 6.92 Å². The first-order valence-corrected chi connectivity index (χ1v) is 6.66. The van der Waals surface area contributed by atoms with Crippen LogP contribution in [0, 0.1) is 5.41 Å². The third kappa shape index (κ3) is 6.33. The standard InChI is InChI=1S/C13H26N2O3/c1-10(16)7-13(2,3)9-15-12(17)6-11-8-14-4-5-18-11/h10-11,14,16H,4-9H2,1-3H3,(H,15,17). The van der Waals surface area contributed by atoms with Crippen LogP contribution in [0.15, 0.2) is 0 Å². The second-order valence-corrected chi connectivity index (χ2v) is 5.90. The van der Waals surface area contributed by atoms with Gasteiger partial charge in [-0.05, 0) is 18.8 Å². The highest BCUT2D eigenvalue weighted by Gasteiger charge is 2.22. The van der Waals surface area contributed by atoms with Gasteiger partial charge in [0.1, 0.15) is 0 Å². The Morgan fingerprint density at radius 3 is 2.89 bits per heavy atom. The number of aliphatic hydroxyl groups is 1. The van der Waals surface area contributed by atoms with Crippen molar-refractivity contribution in [3.8, 4) is 0 Å². The third-order valence-electron chi connectivity index (χ3n) is 3.03. The third-order valence-corrected chi connectivity index (χ3v) is 3.03. The Morgan fingerprint density at radius 2 is 2.33 bits per heavy atom. The molecule has 1 rings (SSSR count). The molecule has 5 nitrogen and oxygen atoms in total. The zero-order valence-electron chi connectivity index (χ0n) is 11.7. The Balaban J connectivity index is 2.23. The summed E-state index contributed by atoms with van der Waals surface area (Å²) >= 11 is 0. The molecular weight excluding hydrogens is 232 g/mol. The van der Waals surface area contributed by atoms with Crippen LogP contribution in [-0.2, 0) is 9.53 Å². The topological polar surface area (TPSA) is 70.6 Å². The summed E-state index contributed by atoms with van der Waals surface area (Å²) in [5, 5.41) is 15.5. The van der Waals surface area contributed by atoms with E-state index in [4.69, 9.17) is 4.74 Å². The number of ether oxygens (including phenoxy) is 1. The van der Waals surface area contributed by atoms with Crippen LogP contribution in [0.4, 0.5) is 0 Å². The number of carbonyl (C=O) groups is 1. The quantitative estimate of drug-likeness (QED) is 0.640. The maximum Gasteiger partial charge on any atom is 0.222 e. The van der Waals surface area contributed by atoms with Crippen molar-refractivity contribution in [3.63, 3.8) is 0 Å². The van der Waals surface area contributed by atoms with Crippen LogP contribution in [-0.4, -0.2) is 49.5 Å². The molecule has 0 radical (unpaired) electrons. The van der Waals surface area contributed by atoms with Crippen molar-refractivity contribution in [1.29, 1.82) is 0 Å². The molecule has 0 bridgehead atoms. The van der Waals surface area contributed by atoms with Crippen LogP contribution < -0.4 is 10.6 Å². The van der Waals surface area contributed by atoms with Gasteiger partial charge in [-0.2, -0.15) is 0 Å². The molecule has 106 valence electrons. The zero-order valence-corrected chi connectivity index (χ0v) is 11.7. The number of nitrogens with one attached hydrogen (secondary N) is 2. The number of hydrogen-bond donors (Lipinski definition) is 3. The molecule has 3 N–H and O–H groups in total. The fraction of sp³-hybridized carbons (Fsp3) is 0.923. The molecule has 0 aromatic heterocycles. The lowest BCUT2D eigenvalue weighted by Gasteiger charge is -2.27. The summed E-state index contributed by atoms with van der Waals surface area (Å²) in [5.41, 5.74) is -0.0878. The van der Waals surface area contributed by atoms with Crippen LogP contribution in [0.2, 0.25) is 0 Å². The van der Waals surface area contributed by atoms with Gasteiger partial charge in [-0.3, -0.25) is 4.79 Å². The minimum absolute atomic E-state index is 0.0152. The predicted molar refractivity (Wildman–Crippen MR) is 70.3 cm³/mol. The second kappa shape index (κ2) is 7.07. The number of hydrogen-bond acceptors (Lipinski definition) is 4. The van der Waals surface area contributed by atoms with E-state index in [-0.39, 0.29) is 23.5 Å². The van der Waals surface area contributed by atoms with Gasteiger partial charge in [0.05, 0.1) is 25.2 Å². The summed E-state index contributed by atoms with van der Waals surface area (Å²) in [6.07, 6.45) is 0.716. The molecule has 0 spiro atoms. The average molecular weight is 258 g/mol. The van der Waals surface area contributed by atoms with E-state index in [1.807, 2.05) is 13.8 Å². The molecule has 0 aromatic carbocycles. The summed E-state index contributed by atoms with van der Waals surface area (Å²) < 4.78 is 5.48. The van der Waals surface area contributed by atoms with E-state index in [9.17, 15) is 9.90 Å². The van der Waals surface area contributed by atoms with Gasteiger partial charge in [0.25, 0.3) is 0 Å². The van der Waals surface area contributed by atoms with E-state index in [2.05, 4.69) is 10.6 Å². The van der Waals surface area contributed by atoms with Crippen LogP contribution in [0.5, 0.6) is 0 Å². The molecule has 18 heavy (non-hydrogen) atoms. The minimum atomic E-state index is -0.345. The van der Waals surface area contributed by atoms with Crippen molar-refractivity contribution < 1.29 is 14.6 Å². The first-order chi connectivity index (χ1) is 8.39. The number of amides is 1.